The van der Waals surface area contributed by atoms with E-state index in [1.54, 1.807) is 12.3 Å². The SMILES string of the molecule is CNC(=O)c1c(F)cnc2c([C@H](C)CNc3cc(-c4cnnc(C)c4)ncn3)cccc12. The van der Waals surface area contributed by atoms with E-state index in [1.807, 2.05) is 38.1 Å². The number of hydrogen-bond donors (Lipinski definition) is 2. The molecule has 0 unspecified atom stereocenters. The summed E-state index contributed by atoms with van der Waals surface area (Å²) in [6.07, 6.45) is 4.25. The quantitative estimate of drug-likeness (QED) is 0.481. The van der Waals surface area contributed by atoms with Crippen molar-refractivity contribution in [3.05, 3.63) is 71.7 Å². The Kier molecular flexibility index (Phi) is 5.98. The zero-order chi connectivity index (χ0) is 22.7. The number of halogens is 1. The maximum Gasteiger partial charge on any atom is 0.254 e. The summed E-state index contributed by atoms with van der Waals surface area (Å²) < 4.78 is 14.3. The Bertz CT molecular complexity index is 1290. The molecule has 162 valence electrons. The maximum absolute atomic E-state index is 14.3. The molecular weight excluding hydrogens is 409 g/mol. The smallest absolute Gasteiger partial charge is 0.254 e. The van der Waals surface area contributed by atoms with Crippen molar-refractivity contribution < 1.29 is 9.18 Å². The van der Waals surface area contributed by atoms with E-state index < -0.39 is 11.7 Å². The highest BCUT2D eigenvalue weighted by molar-refractivity contribution is 6.06. The molecule has 0 radical (unpaired) electrons. The largest absolute Gasteiger partial charge is 0.369 e. The summed E-state index contributed by atoms with van der Waals surface area (Å²) in [6, 6.07) is 9.21. The number of hydrogen-bond acceptors (Lipinski definition) is 7. The van der Waals surface area contributed by atoms with E-state index in [0.717, 1.165) is 28.7 Å². The lowest BCUT2D eigenvalue weighted by Crippen LogP contribution is -2.20. The molecule has 1 aromatic carbocycles. The Balaban J connectivity index is 1.58. The van der Waals surface area contributed by atoms with E-state index in [4.69, 9.17) is 0 Å². The molecule has 8 nitrogen and oxygen atoms in total. The van der Waals surface area contributed by atoms with E-state index in [9.17, 15) is 9.18 Å². The predicted octanol–water partition coefficient (Wildman–Crippen LogP) is 3.50. The second kappa shape index (κ2) is 9.01. The molecule has 2 N–H and O–H groups in total. The van der Waals surface area contributed by atoms with Gasteiger partial charge in [-0.2, -0.15) is 10.2 Å². The summed E-state index contributed by atoms with van der Waals surface area (Å²) in [7, 11) is 1.48. The van der Waals surface area contributed by atoms with Gasteiger partial charge >= 0.3 is 0 Å². The third kappa shape index (κ3) is 4.22. The zero-order valence-corrected chi connectivity index (χ0v) is 17.9. The van der Waals surface area contributed by atoms with E-state index in [2.05, 4.69) is 35.8 Å². The normalized spacial score (nSPS) is 11.9. The highest BCUT2D eigenvalue weighted by Crippen LogP contribution is 2.28. The van der Waals surface area contributed by atoms with Gasteiger partial charge in [0.1, 0.15) is 12.1 Å². The second-order valence-corrected chi connectivity index (χ2v) is 7.46. The summed E-state index contributed by atoms with van der Waals surface area (Å²) in [5.41, 5.74) is 3.91. The lowest BCUT2D eigenvalue weighted by atomic mass is 9.96. The monoisotopic (exact) mass is 431 g/mol. The fraction of sp³-hybridized carbons (Fsp3) is 0.217. The van der Waals surface area contributed by atoms with Crippen molar-refractivity contribution >= 4 is 22.6 Å². The van der Waals surface area contributed by atoms with Crippen LogP contribution in [0.5, 0.6) is 0 Å². The number of benzene rings is 1. The predicted molar refractivity (Wildman–Crippen MR) is 120 cm³/mol. The van der Waals surface area contributed by atoms with Crippen LogP contribution in [0.3, 0.4) is 0 Å². The average Bonchev–Trinajstić information content (AvgIpc) is 2.81. The van der Waals surface area contributed by atoms with Crippen LogP contribution in [0.15, 0.2) is 49.1 Å². The molecule has 0 aliphatic heterocycles. The number of fused-ring (bicyclic) bond motifs is 1. The van der Waals surface area contributed by atoms with Gasteiger partial charge in [-0.15, -0.1) is 0 Å². The van der Waals surface area contributed by atoms with Gasteiger partial charge in [0.15, 0.2) is 5.82 Å². The van der Waals surface area contributed by atoms with Crippen molar-refractivity contribution in [2.45, 2.75) is 19.8 Å². The molecule has 4 aromatic rings. The highest BCUT2D eigenvalue weighted by atomic mass is 19.1. The molecule has 32 heavy (non-hydrogen) atoms. The van der Waals surface area contributed by atoms with Crippen LogP contribution < -0.4 is 10.6 Å². The zero-order valence-electron chi connectivity index (χ0n) is 17.9. The Hall–Kier alpha value is -4.01. The molecule has 0 saturated carbocycles. The molecule has 4 rings (SSSR count). The number of aryl methyl sites for hydroxylation is 1. The van der Waals surface area contributed by atoms with Gasteiger partial charge in [-0.1, -0.05) is 25.1 Å². The number of aromatic nitrogens is 5. The second-order valence-electron chi connectivity index (χ2n) is 7.46. The van der Waals surface area contributed by atoms with Crippen molar-refractivity contribution in [1.29, 1.82) is 0 Å². The van der Waals surface area contributed by atoms with Crippen LogP contribution in [0.2, 0.25) is 0 Å². The number of carbonyl (C=O) groups excluding carboxylic acids is 1. The molecule has 0 spiro atoms. The molecule has 3 heterocycles. The topological polar surface area (TPSA) is 106 Å². The first-order chi connectivity index (χ1) is 15.5. The molecule has 0 fully saturated rings. The Morgan fingerprint density at radius 1 is 1.16 bits per heavy atom. The van der Waals surface area contributed by atoms with Gasteiger partial charge in [-0.3, -0.25) is 9.78 Å². The number of rotatable bonds is 6. The molecule has 3 aromatic heterocycles. The first-order valence-corrected chi connectivity index (χ1v) is 10.1. The lowest BCUT2D eigenvalue weighted by Gasteiger charge is -2.17. The van der Waals surface area contributed by atoms with Gasteiger partial charge in [0.25, 0.3) is 5.91 Å². The summed E-state index contributed by atoms with van der Waals surface area (Å²) in [5, 5.41) is 14.2. The van der Waals surface area contributed by atoms with E-state index >= 15 is 0 Å². The summed E-state index contributed by atoms with van der Waals surface area (Å²) in [5.74, 6) is -0.444. The first-order valence-electron chi connectivity index (χ1n) is 10.1. The minimum atomic E-state index is -0.644. The molecule has 0 saturated heterocycles. The van der Waals surface area contributed by atoms with E-state index in [1.165, 1.54) is 13.4 Å². The number of pyridine rings is 1. The van der Waals surface area contributed by atoms with Gasteiger partial charge < -0.3 is 10.6 Å². The van der Waals surface area contributed by atoms with Crippen LogP contribution in [0.4, 0.5) is 10.2 Å². The number of nitrogens with one attached hydrogen (secondary N) is 2. The van der Waals surface area contributed by atoms with Crippen LogP contribution in [-0.4, -0.2) is 44.6 Å². The number of anilines is 1. The van der Waals surface area contributed by atoms with E-state index in [-0.39, 0.29) is 11.5 Å². The average molecular weight is 431 g/mol. The molecule has 0 bridgehead atoms. The maximum atomic E-state index is 14.3. The van der Waals surface area contributed by atoms with Crippen molar-refractivity contribution in [3.8, 4) is 11.3 Å². The summed E-state index contributed by atoms with van der Waals surface area (Å²) in [4.78, 5) is 25.1. The number of para-hydroxylation sites is 1. The Labute approximate surface area is 184 Å². The minimum absolute atomic E-state index is 0.00112. The molecule has 0 aliphatic rings. The van der Waals surface area contributed by atoms with E-state index in [0.29, 0.717) is 23.3 Å². The van der Waals surface area contributed by atoms with Gasteiger partial charge in [0.2, 0.25) is 0 Å². The molecule has 1 atom stereocenters. The standard InChI is InChI=1S/C23H22FN7O/c1-13(9-26-20-8-19(28-12-29-20)15-7-14(2)31-30-10-15)16-5-4-6-17-21(23(32)25-3)18(24)11-27-22(16)17/h4-8,10-13H,9H2,1-3H3,(H,25,32)(H,26,28,29)/t13-/m1/s1. The van der Waals surface area contributed by atoms with Crippen LogP contribution in [0, 0.1) is 12.7 Å². The van der Waals surface area contributed by atoms with Gasteiger partial charge in [0, 0.05) is 36.5 Å². The number of carbonyl (C=O) groups is 1. The van der Waals surface area contributed by atoms with Crippen LogP contribution in [0.25, 0.3) is 22.2 Å². The van der Waals surface area contributed by atoms with Gasteiger partial charge in [-0.05, 0) is 18.6 Å². The number of nitrogens with zero attached hydrogens (tertiary/aromatic N) is 5. The minimum Gasteiger partial charge on any atom is -0.369 e. The van der Waals surface area contributed by atoms with Crippen molar-refractivity contribution in [2.75, 3.05) is 18.9 Å². The third-order valence-electron chi connectivity index (χ3n) is 5.20. The molecule has 9 heteroatoms. The fourth-order valence-electron chi connectivity index (χ4n) is 3.57. The van der Waals surface area contributed by atoms with Crippen LogP contribution >= 0.6 is 0 Å². The third-order valence-corrected chi connectivity index (χ3v) is 5.20. The van der Waals surface area contributed by atoms with Crippen LogP contribution in [0.1, 0.15) is 34.5 Å². The van der Waals surface area contributed by atoms with Crippen molar-refractivity contribution in [1.82, 2.24) is 30.5 Å². The van der Waals surface area contributed by atoms with Crippen molar-refractivity contribution in [3.63, 3.8) is 0 Å². The summed E-state index contributed by atoms with van der Waals surface area (Å²) in [6.45, 7) is 4.46. The van der Waals surface area contributed by atoms with Gasteiger partial charge in [0.05, 0.1) is 34.9 Å². The van der Waals surface area contributed by atoms with Gasteiger partial charge in [-0.25, -0.2) is 14.4 Å². The van der Waals surface area contributed by atoms with Crippen molar-refractivity contribution in [2.24, 2.45) is 0 Å². The first kappa shape index (κ1) is 21.2. The summed E-state index contributed by atoms with van der Waals surface area (Å²) >= 11 is 0. The molecule has 1 amide bonds. The number of amides is 1. The fourth-order valence-corrected chi connectivity index (χ4v) is 3.57. The van der Waals surface area contributed by atoms with Crippen LogP contribution in [-0.2, 0) is 0 Å². The Morgan fingerprint density at radius 3 is 2.78 bits per heavy atom. The molecular formula is C23H22FN7O. The Morgan fingerprint density at radius 2 is 2.00 bits per heavy atom. The highest BCUT2D eigenvalue weighted by Gasteiger charge is 2.19. The lowest BCUT2D eigenvalue weighted by molar-refractivity contribution is 0.0961. The molecule has 0 aliphatic carbocycles.